The lowest BCUT2D eigenvalue weighted by Crippen LogP contribution is -2.25. The van der Waals surface area contributed by atoms with E-state index in [-0.39, 0.29) is 18.8 Å². The zero-order valence-corrected chi connectivity index (χ0v) is 20.8. The van der Waals surface area contributed by atoms with Gasteiger partial charge in [0.25, 0.3) is 5.24 Å². The summed E-state index contributed by atoms with van der Waals surface area (Å²) < 4.78 is 22.2. The van der Waals surface area contributed by atoms with Gasteiger partial charge in [0.15, 0.2) is 0 Å². The van der Waals surface area contributed by atoms with E-state index < -0.39 is 16.4 Å². The maximum atomic E-state index is 11.9. The average molecular weight is 505 g/mol. The van der Waals surface area contributed by atoms with Gasteiger partial charge in [-0.15, -0.1) is 0 Å². The lowest BCUT2D eigenvalue weighted by Gasteiger charge is -2.10. The number of rotatable bonds is 7. The second kappa shape index (κ2) is 9.58. The first-order valence-electron chi connectivity index (χ1n) is 11.8. The Hall–Kier alpha value is -3.98. The number of nitrogens with one attached hydrogen (secondary N) is 1. The molecule has 1 aliphatic heterocycles. The summed E-state index contributed by atoms with van der Waals surface area (Å²) in [6, 6.07) is 16.4. The molecule has 1 unspecified atom stereocenters. The number of benzene rings is 3. The number of hydrogen-bond acceptors (Lipinski definition) is 7. The van der Waals surface area contributed by atoms with Crippen molar-refractivity contribution in [2.24, 2.45) is 7.05 Å². The first kappa shape index (κ1) is 22.5. The summed E-state index contributed by atoms with van der Waals surface area (Å²) >= 11 is 0.695. The number of imide groups is 1. The van der Waals surface area contributed by atoms with Crippen molar-refractivity contribution in [3.05, 3.63) is 77.1 Å². The van der Waals surface area contributed by atoms with Crippen molar-refractivity contribution < 1.29 is 25.5 Å². The van der Waals surface area contributed by atoms with Gasteiger partial charge in [-0.2, -0.15) is 0 Å². The number of carbonyl (C=O) groups is 2. The second-order valence-electron chi connectivity index (χ2n) is 8.62. The molecule has 0 saturated carbocycles. The van der Waals surface area contributed by atoms with Crippen LogP contribution in [-0.4, -0.2) is 31.0 Å². The number of imidazole rings is 1. The fourth-order valence-electron chi connectivity index (χ4n) is 4.02. The van der Waals surface area contributed by atoms with E-state index in [1.807, 2.05) is 43.7 Å². The summed E-state index contributed by atoms with van der Waals surface area (Å²) in [4.78, 5) is 28.0. The molecule has 8 nitrogen and oxygen atoms in total. The van der Waals surface area contributed by atoms with Gasteiger partial charge in [-0.05, 0) is 73.4 Å². The van der Waals surface area contributed by atoms with Gasteiger partial charge in [0.1, 0.15) is 35.4 Å². The van der Waals surface area contributed by atoms with Gasteiger partial charge in [0.2, 0.25) is 5.91 Å². The highest BCUT2D eigenvalue weighted by atomic mass is 32.2. The SMILES string of the molecule is [2H]C1(Cc2ccc(OCc3nc4ccc(Oc5cc(C)c(O)c(C)c5)cc4n3C)cc2)SC(=O)NC1=O. The Kier molecular flexibility index (Phi) is 5.98. The van der Waals surface area contributed by atoms with Crippen molar-refractivity contribution >= 4 is 33.9 Å². The monoisotopic (exact) mass is 504 g/mol. The van der Waals surface area contributed by atoms with Crippen LogP contribution in [0, 0.1) is 13.8 Å². The van der Waals surface area contributed by atoms with Crippen LogP contribution in [0.5, 0.6) is 23.0 Å². The summed E-state index contributed by atoms with van der Waals surface area (Å²) in [6.07, 6.45) is 0.119. The number of thioether (sulfide) groups is 1. The van der Waals surface area contributed by atoms with E-state index in [9.17, 15) is 14.7 Å². The lowest BCUT2D eigenvalue weighted by atomic mass is 10.1. The molecular formula is C27H25N3O5S. The predicted octanol–water partition coefficient (Wildman–Crippen LogP) is 5.16. The molecule has 2 amide bonds. The molecule has 2 heterocycles. The van der Waals surface area contributed by atoms with Crippen LogP contribution in [0.3, 0.4) is 0 Å². The standard InChI is InChI=1S/C27H25N3O5S/c1-15-10-20(11-16(2)25(15)31)35-19-8-9-21-22(13-19)30(3)24(28-21)14-34-18-6-4-17(5-7-18)12-23-26(32)29-27(33)36-23/h4-11,13,23,31H,12,14H2,1-3H3,(H,29,32,33)/i23D. The molecule has 0 radical (unpaired) electrons. The van der Waals surface area contributed by atoms with Gasteiger partial charge in [-0.25, -0.2) is 4.98 Å². The highest BCUT2D eigenvalue weighted by Gasteiger charge is 2.31. The van der Waals surface area contributed by atoms with Crippen molar-refractivity contribution in [2.45, 2.75) is 32.1 Å². The number of phenolic OH excluding ortho intramolecular Hbond substituents is 1. The molecule has 1 aromatic heterocycles. The van der Waals surface area contributed by atoms with E-state index in [2.05, 4.69) is 10.3 Å². The van der Waals surface area contributed by atoms with Crippen molar-refractivity contribution in [1.29, 1.82) is 0 Å². The molecule has 2 N–H and O–H groups in total. The predicted molar refractivity (Wildman–Crippen MR) is 138 cm³/mol. The van der Waals surface area contributed by atoms with E-state index in [1.165, 1.54) is 0 Å². The summed E-state index contributed by atoms with van der Waals surface area (Å²) in [5.41, 5.74) is 3.96. The molecule has 1 saturated heterocycles. The molecular weight excluding hydrogens is 478 g/mol. The number of nitrogens with zero attached hydrogens (tertiary/aromatic N) is 2. The Bertz CT molecular complexity index is 1510. The average Bonchev–Trinajstić information content (AvgIpc) is 3.30. The molecule has 4 aromatic rings. The number of aromatic nitrogens is 2. The van der Waals surface area contributed by atoms with Crippen LogP contribution in [0.15, 0.2) is 54.6 Å². The molecule has 0 bridgehead atoms. The summed E-state index contributed by atoms with van der Waals surface area (Å²) in [5, 5.41) is 10.1. The molecule has 0 spiro atoms. The molecule has 0 aliphatic carbocycles. The summed E-state index contributed by atoms with van der Waals surface area (Å²) in [7, 11) is 1.91. The molecule has 1 fully saturated rings. The Labute approximate surface area is 213 Å². The Morgan fingerprint density at radius 2 is 1.75 bits per heavy atom. The Morgan fingerprint density at radius 3 is 2.42 bits per heavy atom. The van der Waals surface area contributed by atoms with Gasteiger partial charge in [0, 0.05) is 13.1 Å². The van der Waals surface area contributed by atoms with Crippen LogP contribution in [0.4, 0.5) is 4.79 Å². The fourth-order valence-corrected chi connectivity index (χ4v) is 4.77. The van der Waals surface area contributed by atoms with E-state index >= 15 is 0 Å². The highest BCUT2D eigenvalue weighted by Crippen LogP contribution is 2.31. The van der Waals surface area contributed by atoms with Crippen LogP contribution in [-0.2, 0) is 24.9 Å². The third kappa shape index (κ3) is 4.87. The zero-order valence-electron chi connectivity index (χ0n) is 21.0. The van der Waals surface area contributed by atoms with E-state index in [1.54, 1.807) is 36.4 Å². The minimum absolute atomic E-state index is 0.119. The number of carbonyl (C=O) groups excluding carboxylic acids is 2. The van der Waals surface area contributed by atoms with Gasteiger partial charge >= 0.3 is 0 Å². The van der Waals surface area contributed by atoms with Crippen molar-refractivity contribution in [3.8, 4) is 23.0 Å². The lowest BCUT2D eigenvalue weighted by molar-refractivity contribution is -0.118. The van der Waals surface area contributed by atoms with Crippen LogP contribution in [0.1, 0.15) is 23.9 Å². The van der Waals surface area contributed by atoms with Gasteiger partial charge in [0.05, 0.1) is 17.6 Å². The van der Waals surface area contributed by atoms with Crippen LogP contribution in [0.25, 0.3) is 11.0 Å². The fraction of sp³-hybridized carbons (Fsp3) is 0.222. The maximum absolute atomic E-state index is 11.9. The van der Waals surface area contributed by atoms with Crippen molar-refractivity contribution in [2.75, 3.05) is 0 Å². The van der Waals surface area contributed by atoms with Crippen molar-refractivity contribution in [3.63, 3.8) is 0 Å². The quantitative estimate of drug-likeness (QED) is 0.358. The minimum Gasteiger partial charge on any atom is -0.507 e. The summed E-state index contributed by atoms with van der Waals surface area (Å²) in [6.45, 7) is 3.91. The number of ether oxygens (including phenoxy) is 2. The van der Waals surface area contributed by atoms with Gasteiger partial charge in [-0.1, -0.05) is 23.9 Å². The molecule has 9 heteroatoms. The normalized spacial score (nSPS) is 17.8. The van der Waals surface area contributed by atoms with E-state index in [0.29, 0.717) is 29.0 Å². The number of fused-ring (bicyclic) bond motifs is 1. The van der Waals surface area contributed by atoms with Gasteiger partial charge in [-0.3, -0.25) is 14.9 Å². The first-order chi connectivity index (χ1) is 17.6. The zero-order chi connectivity index (χ0) is 26.3. The number of hydrogen-bond donors (Lipinski definition) is 2. The topological polar surface area (TPSA) is 103 Å². The largest absolute Gasteiger partial charge is 0.507 e. The molecule has 3 aromatic carbocycles. The molecule has 1 atom stereocenters. The smallest absolute Gasteiger partial charge is 0.286 e. The molecule has 5 rings (SSSR count). The number of aryl methyl sites for hydroxylation is 3. The molecule has 36 heavy (non-hydrogen) atoms. The number of phenols is 1. The third-order valence-corrected chi connectivity index (χ3v) is 6.85. The second-order valence-corrected chi connectivity index (χ2v) is 9.69. The maximum Gasteiger partial charge on any atom is 0.286 e. The number of amides is 2. The molecule has 184 valence electrons. The third-order valence-electron chi connectivity index (χ3n) is 5.99. The van der Waals surface area contributed by atoms with Gasteiger partial charge < -0.3 is 19.1 Å². The number of aromatic hydroxyl groups is 1. The van der Waals surface area contributed by atoms with E-state index in [4.69, 9.17) is 10.8 Å². The molecule has 1 aliphatic rings. The summed E-state index contributed by atoms with van der Waals surface area (Å²) in [5.74, 6) is 2.34. The van der Waals surface area contributed by atoms with Crippen molar-refractivity contribution in [1.82, 2.24) is 14.9 Å². The van der Waals surface area contributed by atoms with E-state index in [0.717, 1.165) is 33.5 Å². The van der Waals surface area contributed by atoms with Crippen LogP contribution >= 0.6 is 11.8 Å². The Balaban J connectivity index is 1.26. The van der Waals surface area contributed by atoms with Crippen LogP contribution in [0.2, 0.25) is 0 Å². The van der Waals surface area contributed by atoms with Crippen LogP contribution < -0.4 is 14.8 Å². The Morgan fingerprint density at radius 1 is 1.06 bits per heavy atom. The first-order valence-corrected chi connectivity index (χ1v) is 12.1. The minimum atomic E-state index is -1.55. The highest BCUT2D eigenvalue weighted by molar-refractivity contribution is 8.15.